The molecule has 4 aromatic rings. The molecule has 0 aromatic heterocycles. The molecule has 0 radical (unpaired) electrons. The highest BCUT2D eigenvalue weighted by molar-refractivity contribution is 5.18. The Balaban J connectivity index is 1.06. The van der Waals surface area contributed by atoms with Crippen LogP contribution in [-0.2, 0) is 76.7 Å². The van der Waals surface area contributed by atoms with Crippen LogP contribution in [-0.4, -0.2) is 93.3 Å². The maximum atomic E-state index is 7.58. The van der Waals surface area contributed by atoms with Crippen LogP contribution < -0.4 is 0 Å². The van der Waals surface area contributed by atoms with Gasteiger partial charge in [0.05, 0.1) is 51.3 Å². The predicted octanol–water partition coefficient (Wildman–Crippen LogP) is 11.4. The first-order valence-electron chi connectivity index (χ1n) is 27.3. The van der Waals surface area contributed by atoms with Crippen LogP contribution in [0.25, 0.3) is 0 Å². The van der Waals surface area contributed by atoms with E-state index in [9.17, 15) is 0 Å². The Morgan fingerprint density at radius 1 is 0.411 bits per heavy atom. The second-order valence-corrected chi connectivity index (χ2v) is 21.5. The summed E-state index contributed by atoms with van der Waals surface area (Å²) >= 11 is 0. The largest absolute Gasteiger partial charge is 0.374 e. The lowest BCUT2D eigenvalue weighted by molar-refractivity contribution is -0.411. The minimum Gasteiger partial charge on any atom is -0.374 e. The normalized spacial score (nSPS) is 38.9. The van der Waals surface area contributed by atoms with E-state index in [-0.39, 0.29) is 61.6 Å². The molecule has 12 heteroatoms. The van der Waals surface area contributed by atoms with E-state index >= 15 is 0 Å². The Kier molecular flexibility index (Phi) is 18.9. The molecule has 0 N–H and O–H groups in total. The van der Waals surface area contributed by atoms with Gasteiger partial charge in [-0.2, -0.15) is 0 Å². The summed E-state index contributed by atoms with van der Waals surface area (Å²) in [6.45, 7) is 21.6. The average molecular weight is 1010 g/mol. The monoisotopic (exact) mass is 1010 g/mol. The van der Waals surface area contributed by atoms with Gasteiger partial charge in [0, 0.05) is 17.4 Å². The molecule has 4 aromatic carbocycles. The maximum absolute atomic E-state index is 7.58. The van der Waals surface area contributed by atoms with E-state index in [1.54, 1.807) is 0 Å². The Morgan fingerprint density at radius 2 is 0.890 bits per heavy atom. The molecule has 5 fully saturated rings. The molecule has 0 spiro atoms. The zero-order valence-electron chi connectivity index (χ0n) is 44.5. The zero-order valence-corrected chi connectivity index (χ0v) is 44.5. The van der Waals surface area contributed by atoms with Crippen molar-refractivity contribution in [1.29, 1.82) is 0 Å². The predicted molar refractivity (Wildman–Crippen MR) is 276 cm³/mol. The summed E-state index contributed by atoms with van der Waals surface area (Å²) in [5.74, 6) is 1.06. The van der Waals surface area contributed by atoms with E-state index in [1.807, 2.05) is 84.9 Å². The molecular weight excluding hydrogens is 925 g/mol. The molecule has 12 nitrogen and oxygen atoms in total. The fourth-order valence-corrected chi connectivity index (χ4v) is 11.5. The quantitative estimate of drug-likeness (QED) is 0.0892. The van der Waals surface area contributed by atoms with Crippen molar-refractivity contribution in [2.45, 2.75) is 181 Å². The molecule has 73 heavy (non-hydrogen) atoms. The molecule has 5 aliphatic rings. The summed E-state index contributed by atoms with van der Waals surface area (Å²) in [6, 6.07) is 40.5. The van der Waals surface area contributed by atoms with E-state index in [0.717, 1.165) is 35.1 Å². The van der Waals surface area contributed by atoms with Crippen LogP contribution in [0.5, 0.6) is 0 Å². The van der Waals surface area contributed by atoms with Crippen molar-refractivity contribution in [1.82, 2.24) is 0 Å². The number of rotatable bonds is 19. The molecular formula is C61H82O12. The van der Waals surface area contributed by atoms with Gasteiger partial charge in [0.1, 0.15) is 36.6 Å². The summed E-state index contributed by atoms with van der Waals surface area (Å²) in [5, 5.41) is 0. The molecule has 10 unspecified atom stereocenters. The van der Waals surface area contributed by atoms with Crippen LogP contribution in [0, 0.1) is 41.4 Å². The van der Waals surface area contributed by atoms with Crippen LogP contribution >= 0.6 is 0 Å². The van der Waals surface area contributed by atoms with Crippen LogP contribution in [0.2, 0.25) is 0 Å². The van der Waals surface area contributed by atoms with Gasteiger partial charge in [0.25, 0.3) is 0 Å². The molecule has 5 aliphatic heterocycles. The number of fused-ring (bicyclic) bond motifs is 1. The molecule has 5 saturated heterocycles. The van der Waals surface area contributed by atoms with Crippen LogP contribution in [0.1, 0.15) is 104 Å². The van der Waals surface area contributed by atoms with Gasteiger partial charge in [-0.05, 0) is 59.1 Å². The van der Waals surface area contributed by atoms with E-state index in [1.165, 1.54) is 0 Å². The van der Waals surface area contributed by atoms with Crippen LogP contribution in [0.15, 0.2) is 121 Å². The Labute approximate surface area is 434 Å². The third-order valence-electron chi connectivity index (χ3n) is 16.9. The fraction of sp³-hybridized carbons (Fsp3) is 0.607. The first kappa shape index (κ1) is 54.2. The van der Waals surface area contributed by atoms with Crippen molar-refractivity contribution < 1.29 is 56.8 Å². The first-order chi connectivity index (χ1) is 35.5. The first-order valence-corrected chi connectivity index (χ1v) is 27.3. The van der Waals surface area contributed by atoms with Gasteiger partial charge >= 0.3 is 0 Å². The minimum atomic E-state index is -0.965. The molecule has 0 saturated carbocycles. The topological polar surface area (TPSA) is 111 Å². The summed E-state index contributed by atoms with van der Waals surface area (Å²) in [7, 11) is 0. The number of hydrogen-bond acceptors (Lipinski definition) is 12. The molecule has 0 bridgehead atoms. The van der Waals surface area contributed by atoms with Crippen molar-refractivity contribution in [3.05, 3.63) is 144 Å². The Morgan fingerprint density at radius 3 is 1.51 bits per heavy atom. The molecule has 0 aliphatic carbocycles. The van der Waals surface area contributed by atoms with Gasteiger partial charge in [-0.15, -0.1) is 0 Å². The number of benzene rings is 4. The van der Waals surface area contributed by atoms with Gasteiger partial charge in [-0.3, -0.25) is 0 Å². The summed E-state index contributed by atoms with van der Waals surface area (Å²) < 4.78 is 84.0. The van der Waals surface area contributed by atoms with Crippen molar-refractivity contribution in [3.8, 4) is 0 Å². The average Bonchev–Trinajstić information content (AvgIpc) is 3.42. The Bertz CT molecular complexity index is 2220. The standard InChI is InChI=1S/C61H82O12/c1-10-48-38(4)37(3)42(8)58(66-48)71-53-40(6)39(5)49(11-2)67-60(53)73-55-54-51(36-65-59(72-54)47-30-22-15-23-31-47)69-61(56(55)63-33-45-26-18-13-19-27-45)70-52-41(7)43(9)57(64-34-46-28-20-14-21-29-46)68-50(52)35-62-32-44-24-16-12-17-25-44/h12-31,37-43,48-61H,10-11,32-36H2,1-9H3/t37-,38?,39+,40+,41+,42?,43?,48?,49?,50?,51?,52-,53?,54+,55-,56?,57+,58-,59?,60-,61-/m0/s1. The maximum Gasteiger partial charge on any atom is 0.187 e. The summed E-state index contributed by atoms with van der Waals surface area (Å²) in [5.41, 5.74) is 4.02. The van der Waals surface area contributed by atoms with Gasteiger partial charge in [-0.1, -0.05) is 184 Å². The van der Waals surface area contributed by atoms with Gasteiger partial charge < -0.3 is 56.8 Å². The third-order valence-corrected chi connectivity index (χ3v) is 16.9. The van der Waals surface area contributed by atoms with Crippen molar-refractivity contribution >= 4 is 0 Å². The van der Waals surface area contributed by atoms with Crippen molar-refractivity contribution in [2.75, 3.05) is 13.2 Å². The number of ether oxygens (including phenoxy) is 12. The van der Waals surface area contributed by atoms with E-state index in [0.29, 0.717) is 25.0 Å². The molecule has 21 atom stereocenters. The van der Waals surface area contributed by atoms with Crippen LogP contribution in [0.3, 0.4) is 0 Å². The van der Waals surface area contributed by atoms with Crippen molar-refractivity contribution in [3.63, 3.8) is 0 Å². The van der Waals surface area contributed by atoms with Gasteiger partial charge in [-0.25, -0.2) is 0 Å². The minimum absolute atomic E-state index is 0.0590. The molecule has 398 valence electrons. The second-order valence-electron chi connectivity index (χ2n) is 21.5. The SMILES string of the molecule is CCC1O[C@@H](OC2[C@H](O[C@@H]3C(OCc4ccccc4)[C@H](O[C@@H]4C(COCc5ccccc5)O[C@@H](OCc5ccccc5)C(C)[C@H]4C)OC4COC(c5ccccc5)O[C@H]43)OC(CC)[C@H](C)[C@H]2C)C(C)[C@@H](C)C1C. The van der Waals surface area contributed by atoms with E-state index < -0.39 is 74.2 Å². The highest BCUT2D eigenvalue weighted by Gasteiger charge is 2.57. The Hall–Kier alpha value is -3.60. The molecule has 9 rings (SSSR count). The lowest BCUT2D eigenvalue weighted by atomic mass is 9.78. The summed E-state index contributed by atoms with van der Waals surface area (Å²) in [4.78, 5) is 0. The smallest absolute Gasteiger partial charge is 0.187 e. The van der Waals surface area contributed by atoms with Gasteiger partial charge in [0.15, 0.2) is 31.5 Å². The van der Waals surface area contributed by atoms with E-state index in [2.05, 4.69) is 98.7 Å². The van der Waals surface area contributed by atoms with Crippen LogP contribution in [0.4, 0.5) is 0 Å². The third kappa shape index (κ3) is 12.8. The highest BCUT2D eigenvalue weighted by atomic mass is 16.8. The highest BCUT2D eigenvalue weighted by Crippen LogP contribution is 2.45. The van der Waals surface area contributed by atoms with Crippen molar-refractivity contribution in [2.24, 2.45) is 41.4 Å². The zero-order chi connectivity index (χ0) is 51.0. The fourth-order valence-electron chi connectivity index (χ4n) is 11.5. The molecule has 5 heterocycles. The second kappa shape index (κ2) is 25.5. The number of hydrogen-bond donors (Lipinski definition) is 0. The molecule has 0 amide bonds. The van der Waals surface area contributed by atoms with Gasteiger partial charge in [0.2, 0.25) is 0 Å². The lowest BCUT2D eigenvalue weighted by Gasteiger charge is -2.53. The van der Waals surface area contributed by atoms with E-state index in [4.69, 9.17) is 56.8 Å². The lowest BCUT2D eigenvalue weighted by Crippen LogP contribution is -2.67. The summed E-state index contributed by atoms with van der Waals surface area (Å²) in [6.07, 6.45) is -6.09.